The molecule has 2 aromatic carbocycles. The molecule has 0 saturated carbocycles. The van der Waals surface area contributed by atoms with Gasteiger partial charge in [0, 0.05) is 26.7 Å². The third-order valence-corrected chi connectivity index (χ3v) is 6.10. The maximum atomic E-state index is 12.2. The Bertz CT molecular complexity index is 1180. The molecule has 3 aromatic rings. The average Bonchev–Trinajstić information content (AvgIpc) is 2.99. The molecule has 1 heterocycles. The van der Waals surface area contributed by atoms with Crippen LogP contribution in [0.25, 0.3) is 22.4 Å². The van der Waals surface area contributed by atoms with Gasteiger partial charge in [-0.05, 0) is 36.4 Å². The van der Waals surface area contributed by atoms with Crippen molar-refractivity contribution in [2.45, 2.75) is 4.90 Å². The summed E-state index contributed by atoms with van der Waals surface area (Å²) in [6.45, 7) is 0. The first-order valence-electron chi connectivity index (χ1n) is 8.05. The van der Waals surface area contributed by atoms with E-state index in [2.05, 4.69) is 4.98 Å². The van der Waals surface area contributed by atoms with Crippen molar-refractivity contribution in [3.63, 3.8) is 0 Å². The number of aryl methyl sites for hydroxylation is 1. The second-order valence-electron chi connectivity index (χ2n) is 6.13. The van der Waals surface area contributed by atoms with Crippen LogP contribution in [0, 0.1) is 11.3 Å². The van der Waals surface area contributed by atoms with Crippen LogP contribution in [-0.2, 0) is 17.1 Å². The molecule has 0 amide bonds. The zero-order valence-electron chi connectivity index (χ0n) is 15.1. The van der Waals surface area contributed by atoms with Crippen molar-refractivity contribution in [3.05, 3.63) is 59.9 Å². The normalized spacial score (nSPS) is 12.9. The van der Waals surface area contributed by atoms with Crippen molar-refractivity contribution in [3.8, 4) is 6.07 Å². The molecule has 3 rings (SSSR count). The van der Waals surface area contributed by atoms with E-state index >= 15 is 0 Å². The van der Waals surface area contributed by atoms with E-state index in [0.717, 1.165) is 9.82 Å². The van der Waals surface area contributed by atoms with E-state index in [9.17, 15) is 18.8 Å². The zero-order chi connectivity index (χ0) is 19.8. The number of aromatic nitrogens is 2. The number of imidazole rings is 1. The number of allylic oxidation sites excluding steroid dienone is 1. The molecular formula is C19H18N4O3S. The van der Waals surface area contributed by atoms with Crippen LogP contribution >= 0.6 is 0 Å². The molecule has 0 aliphatic carbocycles. The van der Waals surface area contributed by atoms with E-state index in [1.807, 2.05) is 30.3 Å². The predicted molar refractivity (Wildman–Crippen MR) is 103 cm³/mol. The number of nitriles is 1. The van der Waals surface area contributed by atoms with Gasteiger partial charge in [-0.25, -0.2) is 17.7 Å². The number of benzene rings is 2. The van der Waals surface area contributed by atoms with Crippen LogP contribution < -0.4 is 0 Å². The molecule has 7 nitrogen and oxygen atoms in total. The van der Waals surface area contributed by atoms with Gasteiger partial charge in [0.05, 0.1) is 15.9 Å². The van der Waals surface area contributed by atoms with Crippen LogP contribution in [-0.4, -0.2) is 41.5 Å². The summed E-state index contributed by atoms with van der Waals surface area (Å²) < 4.78 is 27.1. The Morgan fingerprint density at radius 3 is 2.33 bits per heavy atom. The minimum Gasteiger partial charge on any atom is -0.506 e. The molecule has 1 N–H and O–H groups in total. The van der Waals surface area contributed by atoms with E-state index in [0.29, 0.717) is 16.9 Å². The fraction of sp³-hybridized carbons (Fsp3) is 0.158. The lowest BCUT2D eigenvalue weighted by molar-refractivity contribution is 0.512. The number of rotatable bonds is 4. The van der Waals surface area contributed by atoms with Gasteiger partial charge in [0.15, 0.2) is 5.82 Å². The molecule has 0 fully saturated rings. The average molecular weight is 382 g/mol. The van der Waals surface area contributed by atoms with Crippen molar-refractivity contribution < 1.29 is 13.5 Å². The van der Waals surface area contributed by atoms with Crippen molar-refractivity contribution in [1.82, 2.24) is 13.9 Å². The molecule has 0 unspecified atom stereocenters. The lowest BCUT2D eigenvalue weighted by Gasteiger charge is -2.12. The van der Waals surface area contributed by atoms with E-state index < -0.39 is 10.0 Å². The predicted octanol–water partition coefficient (Wildman–Crippen LogP) is 2.77. The first-order chi connectivity index (χ1) is 12.8. The highest BCUT2D eigenvalue weighted by molar-refractivity contribution is 7.89. The number of aliphatic hydroxyl groups excluding tert-OH is 1. The Hall–Kier alpha value is -3.15. The number of nitrogens with zero attached hydrogens (tertiary/aromatic N) is 4. The topological polar surface area (TPSA) is 99.2 Å². The van der Waals surface area contributed by atoms with Crippen LogP contribution in [0.4, 0.5) is 0 Å². The maximum absolute atomic E-state index is 12.2. The number of para-hydroxylation sites is 2. The SMILES string of the molecule is CN(C)S(=O)(=O)c1ccc(C(O)=C(C#N)c2nc3ccccc3n2C)cc1. The lowest BCUT2D eigenvalue weighted by Crippen LogP contribution is -2.22. The zero-order valence-corrected chi connectivity index (χ0v) is 15.9. The molecular weight excluding hydrogens is 364 g/mol. The molecule has 0 saturated heterocycles. The number of hydrogen-bond donors (Lipinski definition) is 1. The number of hydrogen-bond acceptors (Lipinski definition) is 5. The number of sulfonamides is 1. The highest BCUT2D eigenvalue weighted by Crippen LogP contribution is 2.27. The molecule has 0 atom stereocenters. The van der Waals surface area contributed by atoms with Gasteiger partial charge >= 0.3 is 0 Å². The van der Waals surface area contributed by atoms with Crippen molar-refractivity contribution in [1.29, 1.82) is 5.26 Å². The summed E-state index contributed by atoms with van der Waals surface area (Å²) in [5, 5.41) is 20.2. The van der Waals surface area contributed by atoms with Crippen molar-refractivity contribution in [2.75, 3.05) is 14.1 Å². The smallest absolute Gasteiger partial charge is 0.242 e. The van der Waals surface area contributed by atoms with E-state index in [-0.39, 0.29) is 16.2 Å². The standard InChI is InChI=1S/C19H18N4O3S/c1-22(2)27(25,26)14-10-8-13(9-11-14)18(24)15(12-20)19-21-16-6-4-5-7-17(16)23(19)3/h4-11,24H,1-3H3. The Morgan fingerprint density at radius 1 is 1.15 bits per heavy atom. The second-order valence-corrected chi connectivity index (χ2v) is 8.28. The Morgan fingerprint density at radius 2 is 1.78 bits per heavy atom. The molecule has 0 aliphatic heterocycles. The largest absolute Gasteiger partial charge is 0.506 e. The molecule has 0 spiro atoms. The summed E-state index contributed by atoms with van der Waals surface area (Å²) >= 11 is 0. The van der Waals surface area contributed by atoms with E-state index in [1.165, 1.54) is 38.4 Å². The molecule has 138 valence electrons. The third-order valence-electron chi connectivity index (χ3n) is 4.27. The summed E-state index contributed by atoms with van der Waals surface area (Å²) in [6.07, 6.45) is 0. The molecule has 27 heavy (non-hydrogen) atoms. The van der Waals surface area contributed by atoms with Crippen molar-refractivity contribution >= 4 is 32.4 Å². The first kappa shape index (κ1) is 18.6. The number of aliphatic hydroxyl groups is 1. The van der Waals surface area contributed by atoms with Gasteiger partial charge in [-0.2, -0.15) is 5.26 Å². The second kappa shape index (κ2) is 6.87. The Balaban J connectivity index is 2.10. The quantitative estimate of drug-likeness (QED) is 0.552. The monoisotopic (exact) mass is 382 g/mol. The highest BCUT2D eigenvalue weighted by Gasteiger charge is 2.20. The number of fused-ring (bicyclic) bond motifs is 1. The van der Waals surface area contributed by atoms with Gasteiger partial charge < -0.3 is 9.67 Å². The Labute approximate surface area is 157 Å². The molecule has 0 radical (unpaired) electrons. The van der Waals surface area contributed by atoms with Gasteiger partial charge in [-0.3, -0.25) is 0 Å². The van der Waals surface area contributed by atoms with E-state index in [1.54, 1.807) is 11.6 Å². The molecule has 0 aliphatic rings. The van der Waals surface area contributed by atoms with Crippen LogP contribution in [0.3, 0.4) is 0 Å². The summed E-state index contributed by atoms with van der Waals surface area (Å²) in [5.41, 5.74) is 1.89. The summed E-state index contributed by atoms with van der Waals surface area (Å²) in [4.78, 5) is 4.53. The molecule has 8 heteroatoms. The maximum Gasteiger partial charge on any atom is 0.242 e. The van der Waals surface area contributed by atoms with Gasteiger partial charge in [0.25, 0.3) is 0 Å². The summed E-state index contributed by atoms with van der Waals surface area (Å²) in [5.74, 6) is 0.0749. The summed E-state index contributed by atoms with van der Waals surface area (Å²) in [6, 6.07) is 15.1. The van der Waals surface area contributed by atoms with Gasteiger partial charge in [-0.15, -0.1) is 0 Å². The molecule has 1 aromatic heterocycles. The van der Waals surface area contributed by atoms with Crippen LogP contribution in [0.15, 0.2) is 53.4 Å². The van der Waals surface area contributed by atoms with Crippen LogP contribution in [0.5, 0.6) is 0 Å². The summed E-state index contributed by atoms with van der Waals surface area (Å²) in [7, 11) is 1.09. The first-order valence-corrected chi connectivity index (χ1v) is 9.49. The van der Waals surface area contributed by atoms with Gasteiger partial charge in [-0.1, -0.05) is 12.1 Å². The Kier molecular flexibility index (Phi) is 4.74. The lowest BCUT2D eigenvalue weighted by atomic mass is 10.1. The minimum atomic E-state index is -3.57. The minimum absolute atomic E-state index is 0.0110. The third kappa shape index (κ3) is 3.18. The van der Waals surface area contributed by atoms with Gasteiger partial charge in [0.2, 0.25) is 10.0 Å². The van der Waals surface area contributed by atoms with E-state index in [4.69, 9.17) is 0 Å². The van der Waals surface area contributed by atoms with Crippen molar-refractivity contribution in [2.24, 2.45) is 7.05 Å². The van der Waals surface area contributed by atoms with Gasteiger partial charge in [0.1, 0.15) is 17.4 Å². The fourth-order valence-corrected chi connectivity index (χ4v) is 3.62. The highest BCUT2D eigenvalue weighted by atomic mass is 32.2. The van der Waals surface area contributed by atoms with Crippen LogP contribution in [0.2, 0.25) is 0 Å². The molecule has 0 bridgehead atoms. The van der Waals surface area contributed by atoms with Crippen LogP contribution in [0.1, 0.15) is 11.4 Å². The fourth-order valence-electron chi connectivity index (χ4n) is 2.72.